The van der Waals surface area contributed by atoms with E-state index in [0.717, 1.165) is 5.56 Å². The summed E-state index contributed by atoms with van der Waals surface area (Å²) < 4.78 is 9.91. The Bertz CT molecular complexity index is 689. The van der Waals surface area contributed by atoms with Crippen molar-refractivity contribution >= 4 is 41.2 Å². The van der Waals surface area contributed by atoms with Crippen LogP contribution in [0.4, 0.5) is 4.79 Å². The zero-order chi connectivity index (χ0) is 20.6. The number of carbonyl (C=O) groups excluding carboxylic acids is 3. The molecule has 1 rings (SSSR count). The number of nitrogens with one attached hydrogen (secondary N) is 2. The predicted octanol–water partition coefficient (Wildman–Crippen LogP) is 3.63. The van der Waals surface area contributed by atoms with Crippen LogP contribution in [0, 0.1) is 0 Å². The van der Waals surface area contributed by atoms with Crippen molar-refractivity contribution in [1.29, 1.82) is 0 Å². The number of ether oxygens (including phenoxy) is 2. The average molecular weight is 419 g/mol. The summed E-state index contributed by atoms with van der Waals surface area (Å²) in [5.74, 6) is -1.06. The van der Waals surface area contributed by atoms with Gasteiger partial charge in [0.1, 0.15) is 5.60 Å². The SMILES string of the molecule is C[C@H](NC(=O)COC(=O)CCNC(=O)OC(C)(C)C)c1ccc(Cl)c(Cl)c1. The van der Waals surface area contributed by atoms with Gasteiger partial charge in [0.25, 0.3) is 5.91 Å². The second-order valence-corrected chi connectivity index (χ2v) is 7.62. The Morgan fingerprint density at radius 3 is 2.41 bits per heavy atom. The quantitative estimate of drug-likeness (QED) is 0.659. The van der Waals surface area contributed by atoms with Gasteiger partial charge in [0.05, 0.1) is 22.5 Å². The van der Waals surface area contributed by atoms with Gasteiger partial charge in [0, 0.05) is 6.54 Å². The molecule has 0 saturated carbocycles. The maximum absolute atomic E-state index is 11.9. The fourth-order valence-corrected chi connectivity index (χ4v) is 2.25. The van der Waals surface area contributed by atoms with Crippen LogP contribution in [0.3, 0.4) is 0 Å². The van der Waals surface area contributed by atoms with Crippen molar-refractivity contribution in [1.82, 2.24) is 10.6 Å². The van der Waals surface area contributed by atoms with Crippen LogP contribution in [0.25, 0.3) is 0 Å². The van der Waals surface area contributed by atoms with Gasteiger partial charge in [-0.15, -0.1) is 0 Å². The summed E-state index contributed by atoms with van der Waals surface area (Å²) in [6, 6.07) is 4.70. The van der Waals surface area contributed by atoms with Gasteiger partial charge in [-0.2, -0.15) is 0 Å². The lowest BCUT2D eigenvalue weighted by molar-refractivity contribution is -0.148. The molecule has 0 bridgehead atoms. The Morgan fingerprint density at radius 1 is 1.15 bits per heavy atom. The Morgan fingerprint density at radius 2 is 1.81 bits per heavy atom. The van der Waals surface area contributed by atoms with Crippen molar-refractivity contribution in [2.24, 2.45) is 0 Å². The predicted molar refractivity (Wildman–Crippen MR) is 103 cm³/mol. The monoisotopic (exact) mass is 418 g/mol. The average Bonchev–Trinajstić information content (AvgIpc) is 2.53. The number of esters is 1. The number of benzene rings is 1. The van der Waals surface area contributed by atoms with Gasteiger partial charge in [0.2, 0.25) is 0 Å². The molecule has 0 aliphatic carbocycles. The number of halogens is 2. The number of carbonyl (C=O) groups is 3. The van der Waals surface area contributed by atoms with Gasteiger partial charge in [-0.1, -0.05) is 29.3 Å². The third-order valence-electron chi connectivity index (χ3n) is 3.18. The van der Waals surface area contributed by atoms with Gasteiger partial charge in [-0.25, -0.2) is 4.79 Å². The van der Waals surface area contributed by atoms with E-state index in [0.29, 0.717) is 10.0 Å². The lowest BCUT2D eigenvalue weighted by Gasteiger charge is -2.19. The van der Waals surface area contributed by atoms with Crippen LogP contribution in [0.2, 0.25) is 10.0 Å². The molecule has 9 heteroatoms. The summed E-state index contributed by atoms with van der Waals surface area (Å²) in [5.41, 5.74) is 0.152. The number of hydrogen-bond acceptors (Lipinski definition) is 5. The van der Waals surface area contributed by atoms with Gasteiger partial charge >= 0.3 is 12.1 Å². The summed E-state index contributed by atoms with van der Waals surface area (Å²) in [5, 5.41) is 5.94. The maximum Gasteiger partial charge on any atom is 0.407 e. The highest BCUT2D eigenvalue weighted by molar-refractivity contribution is 6.42. The molecular weight excluding hydrogens is 395 g/mol. The Labute approximate surface area is 168 Å². The third-order valence-corrected chi connectivity index (χ3v) is 3.92. The van der Waals surface area contributed by atoms with E-state index in [2.05, 4.69) is 10.6 Å². The molecule has 0 heterocycles. The van der Waals surface area contributed by atoms with E-state index in [9.17, 15) is 14.4 Å². The fraction of sp³-hybridized carbons (Fsp3) is 0.500. The summed E-state index contributed by atoms with van der Waals surface area (Å²) >= 11 is 11.8. The van der Waals surface area contributed by atoms with Crippen LogP contribution >= 0.6 is 23.2 Å². The van der Waals surface area contributed by atoms with Crippen molar-refractivity contribution in [3.05, 3.63) is 33.8 Å². The molecule has 1 atom stereocenters. The molecule has 2 N–H and O–H groups in total. The molecule has 0 saturated heterocycles. The molecule has 0 spiro atoms. The zero-order valence-corrected chi connectivity index (χ0v) is 17.2. The molecule has 0 aromatic heterocycles. The fourth-order valence-electron chi connectivity index (χ4n) is 1.95. The minimum absolute atomic E-state index is 0.0506. The van der Waals surface area contributed by atoms with Crippen molar-refractivity contribution in [2.75, 3.05) is 13.2 Å². The Kier molecular flexibility index (Phi) is 8.85. The third kappa shape index (κ3) is 9.49. The molecule has 0 radical (unpaired) electrons. The molecule has 0 aliphatic heterocycles. The molecule has 0 unspecified atom stereocenters. The number of alkyl carbamates (subject to hydrolysis) is 1. The van der Waals surface area contributed by atoms with Crippen LogP contribution in [0.15, 0.2) is 18.2 Å². The van der Waals surface area contributed by atoms with Gasteiger partial charge < -0.3 is 20.1 Å². The lowest BCUT2D eigenvalue weighted by Crippen LogP contribution is -2.34. The van der Waals surface area contributed by atoms with Crippen LogP contribution in [0.1, 0.15) is 45.7 Å². The summed E-state index contributed by atoms with van der Waals surface area (Å²) in [6.45, 7) is 6.60. The molecule has 150 valence electrons. The molecule has 1 aromatic rings. The first-order valence-corrected chi connectivity index (χ1v) is 9.10. The number of hydrogen-bond donors (Lipinski definition) is 2. The van der Waals surface area contributed by atoms with Crippen LogP contribution in [-0.4, -0.2) is 36.7 Å². The molecule has 1 aromatic carbocycles. The maximum atomic E-state index is 11.9. The highest BCUT2D eigenvalue weighted by Gasteiger charge is 2.16. The van der Waals surface area contributed by atoms with E-state index < -0.39 is 30.2 Å². The summed E-state index contributed by atoms with van der Waals surface area (Å²) in [4.78, 5) is 35.0. The van der Waals surface area contributed by atoms with Crippen LogP contribution < -0.4 is 10.6 Å². The Hall–Kier alpha value is -1.99. The van der Waals surface area contributed by atoms with E-state index >= 15 is 0 Å². The largest absolute Gasteiger partial charge is 0.456 e. The summed E-state index contributed by atoms with van der Waals surface area (Å²) in [7, 11) is 0. The zero-order valence-electron chi connectivity index (χ0n) is 15.7. The molecule has 0 aliphatic rings. The standard InChI is InChI=1S/C18H24Cl2N2O5/c1-11(12-5-6-13(19)14(20)9-12)22-15(23)10-26-16(24)7-8-21-17(25)27-18(2,3)4/h5-6,9,11H,7-8,10H2,1-4H3,(H,21,25)(H,22,23)/t11-/m0/s1. The second-order valence-electron chi connectivity index (χ2n) is 6.80. The van der Waals surface area contributed by atoms with E-state index in [1.165, 1.54) is 0 Å². The number of amides is 2. The highest BCUT2D eigenvalue weighted by Crippen LogP contribution is 2.25. The topological polar surface area (TPSA) is 93.7 Å². The normalized spacial score (nSPS) is 12.1. The van der Waals surface area contributed by atoms with Crippen LogP contribution in [0.5, 0.6) is 0 Å². The molecule has 7 nitrogen and oxygen atoms in total. The van der Waals surface area contributed by atoms with E-state index in [-0.39, 0.29) is 19.0 Å². The first-order chi connectivity index (χ1) is 12.5. The first-order valence-electron chi connectivity index (χ1n) is 8.34. The second kappa shape index (κ2) is 10.4. The minimum Gasteiger partial charge on any atom is -0.456 e. The lowest BCUT2D eigenvalue weighted by atomic mass is 10.1. The summed E-state index contributed by atoms with van der Waals surface area (Å²) in [6.07, 6.45) is -0.696. The molecular formula is C18H24Cl2N2O5. The van der Waals surface area contributed by atoms with Gasteiger partial charge in [-0.05, 0) is 45.4 Å². The van der Waals surface area contributed by atoms with Crippen molar-refractivity contribution < 1.29 is 23.9 Å². The first kappa shape index (κ1) is 23.0. The molecule has 0 fully saturated rings. The Balaban J connectivity index is 2.30. The van der Waals surface area contributed by atoms with Crippen molar-refractivity contribution in [3.8, 4) is 0 Å². The molecule has 27 heavy (non-hydrogen) atoms. The van der Waals surface area contributed by atoms with Crippen molar-refractivity contribution in [2.45, 2.75) is 45.8 Å². The van der Waals surface area contributed by atoms with Gasteiger partial charge in [0.15, 0.2) is 6.61 Å². The minimum atomic E-state index is -0.622. The van der Waals surface area contributed by atoms with Crippen molar-refractivity contribution in [3.63, 3.8) is 0 Å². The highest BCUT2D eigenvalue weighted by atomic mass is 35.5. The van der Waals surface area contributed by atoms with Crippen LogP contribution in [-0.2, 0) is 19.1 Å². The van der Waals surface area contributed by atoms with E-state index in [1.54, 1.807) is 45.9 Å². The molecule has 2 amide bonds. The van der Waals surface area contributed by atoms with Gasteiger partial charge in [-0.3, -0.25) is 9.59 Å². The van der Waals surface area contributed by atoms with E-state index in [4.69, 9.17) is 32.7 Å². The van der Waals surface area contributed by atoms with E-state index in [1.807, 2.05) is 0 Å². The smallest absolute Gasteiger partial charge is 0.407 e. The number of rotatable bonds is 7.